The number of hydrazone groups is 1. The lowest BCUT2D eigenvalue weighted by Crippen LogP contribution is -2.19. The van der Waals surface area contributed by atoms with E-state index in [2.05, 4.69) is 20.7 Å². The smallest absolute Gasteiger partial charge is 0.250 e. The van der Waals surface area contributed by atoms with Crippen molar-refractivity contribution in [2.75, 3.05) is 5.75 Å². The van der Waals surface area contributed by atoms with Gasteiger partial charge in [0.1, 0.15) is 0 Å². The van der Waals surface area contributed by atoms with Crippen LogP contribution in [0.4, 0.5) is 0 Å². The first-order valence-electron chi connectivity index (χ1n) is 9.37. The van der Waals surface area contributed by atoms with E-state index in [1.807, 2.05) is 77.5 Å². The zero-order chi connectivity index (χ0) is 21.6. The quantitative estimate of drug-likeness (QED) is 0.230. The number of rotatable bonds is 7. The number of thiophene rings is 1. The highest BCUT2D eigenvalue weighted by Crippen LogP contribution is 2.28. The Kier molecular flexibility index (Phi) is 6.81. The van der Waals surface area contributed by atoms with Crippen molar-refractivity contribution >= 4 is 46.8 Å². The third-order valence-corrected chi connectivity index (χ3v) is 6.27. The molecule has 1 amide bonds. The zero-order valence-corrected chi connectivity index (χ0v) is 18.9. The Labute approximate surface area is 193 Å². The van der Waals surface area contributed by atoms with Gasteiger partial charge in [0.15, 0.2) is 11.0 Å². The van der Waals surface area contributed by atoms with Crippen LogP contribution < -0.4 is 5.43 Å². The van der Waals surface area contributed by atoms with Crippen LogP contribution in [0.1, 0.15) is 10.4 Å². The molecule has 156 valence electrons. The van der Waals surface area contributed by atoms with E-state index in [0.717, 1.165) is 21.7 Å². The van der Waals surface area contributed by atoms with Crippen LogP contribution in [0.3, 0.4) is 0 Å². The van der Waals surface area contributed by atoms with Gasteiger partial charge in [-0.15, -0.1) is 21.5 Å². The van der Waals surface area contributed by atoms with Gasteiger partial charge in [0.25, 0.3) is 5.91 Å². The number of aryl methyl sites for hydroxylation is 1. The predicted molar refractivity (Wildman–Crippen MR) is 127 cm³/mol. The Morgan fingerprint density at radius 3 is 2.65 bits per heavy atom. The maximum atomic E-state index is 12.2. The van der Waals surface area contributed by atoms with E-state index in [0.29, 0.717) is 16.0 Å². The van der Waals surface area contributed by atoms with Gasteiger partial charge in [-0.25, -0.2) is 5.43 Å². The van der Waals surface area contributed by atoms with Crippen molar-refractivity contribution in [2.45, 2.75) is 12.1 Å². The highest BCUT2D eigenvalue weighted by Gasteiger charge is 2.17. The molecule has 9 heteroatoms. The number of benzene rings is 2. The maximum absolute atomic E-state index is 12.2. The highest BCUT2D eigenvalue weighted by molar-refractivity contribution is 7.99. The van der Waals surface area contributed by atoms with Gasteiger partial charge >= 0.3 is 0 Å². The fourth-order valence-electron chi connectivity index (χ4n) is 2.77. The lowest BCUT2D eigenvalue weighted by atomic mass is 10.1. The molecule has 4 rings (SSSR count). The molecule has 31 heavy (non-hydrogen) atoms. The van der Waals surface area contributed by atoms with Crippen LogP contribution in [-0.4, -0.2) is 32.6 Å². The molecule has 0 bridgehead atoms. The lowest BCUT2D eigenvalue weighted by molar-refractivity contribution is -0.118. The standard InChI is InChI=1S/C22H18ClN5OS2/c1-15-4-6-16(7-5-15)21-26-27-22(28(21)18-10-8-17(23)9-11-18)31-14-20(29)25-24-13-19-3-2-12-30-19/h2-13H,14H2,1H3,(H,25,29)/b24-13-. The van der Waals surface area contributed by atoms with Crippen LogP contribution >= 0.6 is 34.7 Å². The molecule has 0 aliphatic heterocycles. The van der Waals surface area contributed by atoms with Crippen molar-refractivity contribution in [2.24, 2.45) is 5.10 Å². The van der Waals surface area contributed by atoms with Gasteiger partial charge in [-0.3, -0.25) is 9.36 Å². The molecule has 0 spiro atoms. The molecule has 0 saturated carbocycles. The van der Waals surface area contributed by atoms with Crippen LogP contribution in [0.5, 0.6) is 0 Å². The summed E-state index contributed by atoms with van der Waals surface area (Å²) in [6, 6.07) is 19.4. The van der Waals surface area contributed by atoms with Crippen LogP contribution in [-0.2, 0) is 4.79 Å². The number of hydrogen-bond donors (Lipinski definition) is 1. The Balaban J connectivity index is 1.54. The first-order valence-corrected chi connectivity index (χ1v) is 11.6. The SMILES string of the molecule is Cc1ccc(-c2nnc(SCC(=O)N/N=C\c3cccs3)n2-c2ccc(Cl)cc2)cc1. The number of thioether (sulfide) groups is 1. The van der Waals surface area contributed by atoms with Gasteiger partial charge in [-0.2, -0.15) is 5.10 Å². The van der Waals surface area contributed by atoms with Gasteiger partial charge < -0.3 is 0 Å². The average molecular weight is 468 g/mol. The summed E-state index contributed by atoms with van der Waals surface area (Å²) in [7, 11) is 0. The lowest BCUT2D eigenvalue weighted by Gasteiger charge is -2.10. The van der Waals surface area contributed by atoms with E-state index < -0.39 is 0 Å². The van der Waals surface area contributed by atoms with E-state index in [4.69, 9.17) is 11.6 Å². The summed E-state index contributed by atoms with van der Waals surface area (Å²) in [6.07, 6.45) is 1.62. The number of nitrogens with zero attached hydrogens (tertiary/aromatic N) is 4. The number of carbonyl (C=O) groups excluding carboxylic acids is 1. The van der Waals surface area contributed by atoms with Gasteiger partial charge in [0.05, 0.1) is 12.0 Å². The number of nitrogens with one attached hydrogen (secondary N) is 1. The van der Waals surface area contributed by atoms with E-state index >= 15 is 0 Å². The molecule has 2 aromatic heterocycles. The topological polar surface area (TPSA) is 72.2 Å². The number of aromatic nitrogens is 3. The van der Waals surface area contributed by atoms with Gasteiger partial charge in [0, 0.05) is 21.2 Å². The molecule has 4 aromatic rings. The van der Waals surface area contributed by atoms with Gasteiger partial charge in [0.2, 0.25) is 0 Å². The summed E-state index contributed by atoms with van der Waals surface area (Å²) >= 11 is 8.91. The third kappa shape index (κ3) is 5.41. The first-order chi connectivity index (χ1) is 15.1. The minimum atomic E-state index is -0.222. The van der Waals surface area contributed by atoms with E-state index in [9.17, 15) is 4.79 Å². The molecule has 2 aromatic carbocycles. The summed E-state index contributed by atoms with van der Waals surface area (Å²) in [6.45, 7) is 2.04. The predicted octanol–water partition coefficient (Wildman–Crippen LogP) is 5.20. The van der Waals surface area contributed by atoms with Crippen LogP contribution in [0.25, 0.3) is 17.1 Å². The van der Waals surface area contributed by atoms with Crippen molar-refractivity contribution < 1.29 is 4.79 Å². The van der Waals surface area contributed by atoms with Gasteiger partial charge in [-0.05, 0) is 42.6 Å². The fourth-order valence-corrected chi connectivity index (χ4v) is 4.23. The van der Waals surface area contributed by atoms with E-state index in [1.54, 1.807) is 17.6 Å². The second-order valence-electron chi connectivity index (χ2n) is 6.58. The molecule has 0 fully saturated rings. The van der Waals surface area contributed by atoms with Crippen molar-refractivity contribution in [3.8, 4) is 17.1 Å². The molecule has 0 aliphatic rings. The minimum Gasteiger partial charge on any atom is -0.272 e. The molecule has 0 saturated heterocycles. The third-order valence-electron chi connectivity index (χ3n) is 4.28. The Morgan fingerprint density at radius 2 is 1.94 bits per heavy atom. The second-order valence-corrected chi connectivity index (χ2v) is 8.94. The molecular formula is C22H18ClN5OS2. The number of hydrogen-bond acceptors (Lipinski definition) is 6. The molecule has 6 nitrogen and oxygen atoms in total. The summed E-state index contributed by atoms with van der Waals surface area (Å²) in [5, 5.41) is 15.9. The Hall–Kier alpha value is -2.94. The van der Waals surface area contributed by atoms with E-state index in [-0.39, 0.29) is 11.7 Å². The van der Waals surface area contributed by atoms with Crippen molar-refractivity contribution in [3.05, 3.63) is 81.5 Å². The molecular weight excluding hydrogens is 450 g/mol. The van der Waals surface area contributed by atoms with E-state index in [1.165, 1.54) is 11.8 Å². The number of carbonyl (C=O) groups is 1. The Bertz CT molecular complexity index is 1190. The van der Waals surface area contributed by atoms with Crippen molar-refractivity contribution in [1.82, 2.24) is 20.2 Å². The van der Waals surface area contributed by atoms with Crippen molar-refractivity contribution in [3.63, 3.8) is 0 Å². The summed E-state index contributed by atoms with van der Waals surface area (Å²) < 4.78 is 1.92. The summed E-state index contributed by atoms with van der Waals surface area (Å²) in [5.41, 5.74) is 5.51. The second kappa shape index (κ2) is 9.91. The zero-order valence-electron chi connectivity index (χ0n) is 16.5. The summed E-state index contributed by atoms with van der Waals surface area (Å²) in [4.78, 5) is 13.2. The minimum absolute atomic E-state index is 0.154. The average Bonchev–Trinajstić information content (AvgIpc) is 3.43. The highest BCUT2D eigenvalue weighted by atomic mass is 35.5. The molecule has 0 radical (unpaired) electrons. The monoisotopic (exact) mass is 467 g/mol. The van der Waals surface area contributed by atoms with Crippen LogP contribution in [0, 0.1) is 6.92 Å². The summed E-state index contributed by atoms with van der Waals surface area (Å²) in [5.74, 6) is 0.628. The van der Waals surface area contributed by atoms with Gasteiger partial charge in [-0.1, -0.05) is 59.3 Å². The largest absolute Gasteiger partial charge is 0.272 e. The molecule has 0 atom stereocenters. The maximum Gasteiger partial charge on any atom is 0.250 e. The molecule has 1 N–H and O–H groups in total. The molecule has 0 aliphatic carbocycles. The number of amides is 1. The first kappa shape index (κ1) is 21.3. The normalized spacial score (nSPS) is 11.2. The van der Waals surface area contributed by atoms with Crippen LogP contribution in [0.2, 0.25) is 5.02 Å². The molecule has 2 heterocycles. The number of halogens is 1. The Morgan fingerprint density at radius 1 is 1.16 bits per heavy atom. The van der Waals surface area contributed by atoms with Crippen LogP contribution in [0.15, 0.2) is 76.3 Å². The fraction of sp³-hybridized carbons (Fsp3) is 0.0909. The molecule has 0 unspecified atom stereocenters. The van der Waals surface area contributed by atoms with Crippen molar-refractivity contribution in [1.29, 1.82) is 0 Å².